The molecule has 0 aliphatic rings. The number of ether oxygens (including phenoxy) is 2. The molecule has 6 nitrogen and oxygen atoms in total. The third kappa shape index (κ3) is 5.28. The lowest BCUT2D eigenvalue weighted by Crippen LogP contribution is -2.41. The van der Waals surface area contributed by atoms with Crippen LogP contribution in [-0.2, 0) is 16.8 Å². The van der Waals surface area contributed by atoms with E-state index in [2.05, 4.69) is 0 Å². The van der Waals surface area contributed by atoms with Crippen LogP contribution < -0.4 is 9.47 Å². The molecule has 156 valence electrons. The Morgan fingerprint density at radius 2 is 1.55 bits per heavy atom. The number of carboxylic acids is 1. The van der Waals surface area contributed by atoms with Crippen LogP contribution in [0.4, 0.5) is 0 Å². The molecule has 2 aromatic rings. The average molecular weight is 399 g/mol. The molecule has 2 rings (SSSR count). The quantitative estimate of drug-likeness (QED) is 0.686. The Bertz CT molecular complexity index is 858. The van der Waals surface area contributed by atoms with Crippen molar-refractivity contribution >= 4 is 11.9 Å². The number of likely N-dealkylation sites (N-methyl/N-ethyl adjacent to an activating group) is 1. The third-order valence-corrected chi connectivity index (χ3v) is 4.77. The summed E-state index contributed by atoms with van der Waals surface area (Å²) in [5.41, 5.74) is 1.15. The van der Waals surface area contributed by atoms with E-state index < -0.39 is 11.4 Å². The molecule has 0 aromatic heterocycles. The molecule has 0 unspecified atom stereocenters. The van der Waals surface area contributed by atoms with Crippen LogP contribution in [0.3, 0.4) is 0 Å². The monoisotopic (exact) mass is 399 g/mol. The molecule has 0 fully saturated rings. The highest BCUT2D eigenvalue weighted by molar-refractivity contribution is 5.88. The summed E-state index contributed by atoms with van der Waals surface area (Å²) in [6, 6.07) is 12.1. The molecular weight excluding hydrogens is 370 g/mol. The lowest BCUT2D eigenvalue weighted by atomic mass is 9.83. The number of aromatic carboxylic acids is 1. The maximum Gasteiger partial charge on any atom is 0.335 e. The molecule has 0 aliphatic carbocycles. The zero-order valence-electron chi connectivity index (χ0n) is 17.7. The van der Waals surface area contributed by atoms with Crippen LogP contribution in [0.1, 0.15) is 49.2 Å². The van der Waals surface area contributed by atoms with E-state index in [4.69, 9.17) is 14.6 Å². The molecule has 0 aliphatic heterocycles. The fraction of sp³-hybridized carbons (Fsp3) is 0.391. The normalized spacial score (nSPS) is 11.1. The average Bonchev–Trinajstić information content (AvgIpc) is 2.69. The van der Waals surface area contributed by atoms with Crippen molar-refractivity contribution in [2.45, 2.75) is 39.7 Å². The molecule has 0 bridgehead atoms. The van der Waals surface area contributed by atoms with Crippen molar-refractivity contribution in [2.75, 3.05) is 20.3 Å². The Morgan fingerprint density at radius 3 is 2.10 bits per heavy atom. The number of carboxylic acid groups (broad SMARTS) is 1. The van der Waals surface area contributed by atoms with E-state index in [-0.39, 0.29) is 11.5 Å². The Balaban J connectivity index is 2.21. The molecule has 0 heterocycles. The van der Waals surface area contributed by atoms with Crippen LogP contribution in [0, 0.1) is 0 Å². The molecule has 2 aromatic carbocycles. The van der Waals surface area contributed by atoms with Crippen molar-refractivity contribution in [1.82, 2.24) is 4.90 Å². The minimum atomic E-state index is -0.970. The number of nitrogens with zero attached hydrogens (tertiary/aromatic N) is 1. The Hall–Kier alpha value is -3.02. The second-order valence-electron chi connectivity index (χ2n) is 7.32. The summed E-state index contributed by atoms with van der Waals surface area (Å²) < 4.78 is 11.3. The molecule has 29 heavy (non-hydrogen) atoms. The number of hydrogen-bond donors (Lipinski definition) is 1. The van der Waals surface area contributed by atoms with Crippen LogP contribution in [0.5, 0.6) is 11.5 Å². The molecule has 0 radical (unpaired) electrons. The van der Waals surface area contributed by atoms with Crippen LogP contribution in [0.2, 0.25) is 0 Å². The lowest BCUT2D eigenvalue weighted by molar-refractivity contribution is -0.135. The van der Waals surface area contributed by atoms with Crippen molar-refractivity contribution < 1.29 is 24.2 Å². The summed E-state index contributed by atoms with van der Waals surface area (Å²) in [5, 5.41) is 9.01. The van der Waals surface area contributed by atoms with Crippen molar-refractivity contribution in [2.24, 2.45) is 0 Å². The molecular formula is C23H29NO5. The summed E-state index contributed by atoms with van der Waals surface area (Å²) in [6.45, 7) is 9.00. The number of amides is 1. The van der Waals surface area contributed by atoms with Gasteiger partial charge in [0.15, 0.2) is 11.5 Å². The first-order valence-electron chi connectivity index (χ1n) is 9.68. The fourth-order valence-electron chi connectivity index (χ4n) is 3.14. The van der Waals surface area contributed by atoms with Gasteiger partial charge < -0.3 is 19.5 Å². The number of hydrogen-bond acceptors (Lipinski definition) is 4. The number of carbonyl (C=O) groups excluding carboxylic acids is 1. The minimum absolute atomic E-state index is 0.0496. The van der Waals surface area contributed by atoms with Gasteiger partial charge in [-0.05, 0) is 63.1 Å². The van der Waals surface area contributed by atoms with Gasteiger partial charge in [-0.1, -0.05) is 18.2 Å². The van der Waals surface area contributed by atoms with E-state index >= 15 is 0 Å². The zero-order valence-corrected chi connectivity index (χ0v) is 17.7. The third-order valence-electron chi connectivity index (χ3n) is 4.77. The van der Waals surface area contributed by atoms with Crippen molar-refractivity contribution in [3.05, 3.63) is 59.2 Å². The zero-order chi connectivity index (χ0) is 21.6. The Morgan fingerprint density at radius 1 is 0.966 bits per heavy atom. The van der Waals surface area contributed by atoms with Gasteiger partial charge >= 0.3 is 5.97 Å². The molecule has 0 atom stereocenters. The first-order valence-corrected chi connectivity index (χ1v) is 9.68. The van der Waals surface area contributed by atoms with Crippen molar-refractivity contribution in [3.8, 4) is 11.5 Å². The largest absolute Gasteiger partial charge is 0.490 e. The van der Waals surface area contributed by atoms with Crippen LogP contribution in [0.25, 0.3) is 0 Å². The molecule has 1 amide bonds. The summed E-state index contributed by atoms with van der Waals surface area (Å²) in [6.07, 6.45) is 0. The highest BCUT2D eigenvalue weighted by Gasteiger charge is 2.33. The first kappa shape index (κ1) is 22.3. The van der Waals surface area contributed by atoms with Crippen LogP contribution >= 0.6 is 0 Å². The van der Waals surface area contributed by atoms with Gasteiger partial charge in [-0.15, -0.1) is 0 Å². The summed E-state index contributed by atoms with van der Waals surface area (Å²) >= 11 is 0. The highest BCUT2D eigenvalue weighted by atomic mass is 16.5. The number of carbonyl (C=O) groups is 2. The van der Waals surface area contributed by atoms with E-state index in [1.54, 1.807) is 36.2 Å². The van der Waals surface area contributed by atoms with Gasteiger partial charge in [0.1, 0.15) is 0 Å². The number of rotatable bonds is 9. The second-order valence-corrected chi connectivity index (χ2v) is 7.32. The number of benzene rings is 2. The van der Waals surface area contributed by atoms with Gasteiger partial charge in [0.05, 0.1) is 24.2 Å². The van der Waals surface area contributed by atoms with Gasteiger partial charge in [0.2, 0.25) is 5.91 Å². The summed E-state index contributed by atoms with van der Waals surface area (Å²) in [7, 11) is 1.74. The first-order chi connectivity index (χ1) is 13.7. The van der Waals surface area contributed by atoms with E-state index in [0.717, 1.165) is 11.1 Å². The maximum absolute atomic E-state index is 13.2. The fourth-order valence-corrected chi connectivity index (χ4v) is 3.14. The minimum Gasteiger partial charge on any atom is -0.490 e. The highest BCUT2D eigenvalue weighted by Crippen LogP contribution is 2.34. The van der Waals surface area contributed by atoms with Crippen LogP contribution in [0.15, 0.2) is 42.5 Å². The molecule has 0 spiro atoms. The SMILES string of the molecule is CCOc1ccc(C(C)(C)C(=O)N(C)Cc2ccc(C(=O)O)cc2)cc1OCC. The standard InChI is InChI=1S/C23H29NO5/c1-6-28-19-13-12-18(14-20(19)29-7-2)23(3,4)22(27)24(5)15-16-8-10-17(11-9-16)21(25)26/h8-14H,6-7,15H2,1-5H3,(H,25,26). The molecule has 0 saturated heterocycles. The Kier molecular flexibility index (Phi) is 7.26. The van der Waals surface area contributed by atoms with Crippen LogP contribution in [-0.4, -0.2) is 42.1 Å². The summed E-state index contributed by atoms with van der Waals surface area (Å²) in [5.74, 6) is 0.266. The van der Waals surface area contributed by atoms with Gasteiger partial charge in [-0.25, -0.2) is 4.79 Å². The molecule has 1 N–H and O–H groups in total. The van der Waals surface area contributed by atoms with Gasteiger partial charge in [0, 0.05) is 13.6 Å². The second kappa shape index (κ2) is 9.45. The molecule has 0 saturated carbocycles. The van der Waals surface area contributed by atoms with Crippen molar-refractivity contribution in [1.29, 1.82) is 0 Å². The Labute approximate surface area is 172 Å². The van der Waals surface area contributed by atoms with E-state index in [9.17, 15) is 9.59 Å². The van der Waals surface area contributed by atoms with E-state index in [1.807, 2.05) is 45.9 Å². The topological polar surface area (TPSA) is 76.1 Å². The lowest BCUT2D eigenvalue weighted by Gasteiger charge is -2.30. The van der Waals surface area contributed by atoms with E-state index in [1.165, 1.54) is 0 Å². The van der Waals surface area contributed by atoms with Crippen molar-refractivity contribution in [3.63, 3.8) is 0 Å². The van der Waals surface area contributed by atoms with Gasteiger partial charge in [0.25, 0.3) is 0 Å². The predicted molar refractivity (Wildman–Crippen MR) is 112 cm³/mol. The van der Waals surface area contributed by atoms with Gasteiger partial charge in [-0.3, -0.25) is 4.79 Å². The smallest absolute Gasteiger partial charge is 0.335 e. The predicted octanol–water partition coefficient (Wildman–Crippen LogP) is 4.12. The summed E-state index contributed by atoms with van der Waals surface area (Å²) in [4.78, 5) is 25.8. The molecule has 6 heteroatoms. The van der Waals surface area contributed by atoms with E-state index in [0.29, 0.717) is 31.3 Å². The maximum atomic E-state index is 13.2. The van der Waals surface area contributed by atoms with Gasteiger partial charge in [-0.2, -0.15) is 0 Å².